The van der Waals surface area contributed by atoms with Gasteiger partial charge in [-0.25, -0.2) is 0 Å². The molecule has 1 saturated carbocycles. The summed E-state index contributed by atoms with van der Waals surface area (Å²) in [7, 11) is 0. The largest absolute Gasteiger partial charge is 0.465 e. The number of ether oxygens (including phenoxy) is 2. The molecule has 2 unspecified atom stereocenters. The molecule has 0 heterocycles. The number of esters is 2. The number of hydrogen-bond acceptors (Lipinski definition) is 7. The van der Waals surface area contributed by atoms with E-state index >= 15 is 0 Å². The summed E-state index contributed by atoms with van der Waals surface area (Å²) in [6.45, 7) is 15.9. The van der Waals surface area contributed by atoms with Gasteiger partial charge in [-0.1, -0.05) is 227 Å². The molecule has 0 aromatic carbocycles. The Hall–Kier alpha value is -1.18. The maximum atomic E-state index is 13.0. The van der Waals surface area contributed by atoms with Crippen LogP contribution in [0.25, 0.3) is 0 Å². The molecule has 0 radical (unpaired) electrons. The van der Waals surface area contributed by atoms with Crippen molar-refractivity contribution in [2.24, 2.45) is 11.8 Å². The van der Waals surface area contributed by atoms with Crippen molar-refractivity contribution < 1.29 is 24.2 Å². The van der Waals surface area contributed by atoms with Gasteiger partial charge in [-0.2, -0.15) is 0 Å². The molecule has 65 heavy (non-hydrogen) atoms. The van der Waals surface area contributed by atoms with E-state index in [1.165, 1.54) is 212 Å². The van der Waals surface area contributed by atoms with Gasteiger partial charge in [0.1, 0.15) is 0 Å². The van der Waals surface area contributed by atoms with E-state index in [4.69, 9.17) is 9.47 Å². The number of aliphatic hydroxyl groups is 1. The molecular weight excluding hydrogens is 805 g/mol. The first-order valence-electron chi connectivity index (χ1n) is 29.4. The third-order valence-electron chi connectivity index (χ3n) is 14.7. The van der Waals surface area contributed by atoms with Crippen LogP contribution in [0.2, 0.25) is 0 Å². The molecule has 1 aliphatic rings. The number of hydrogen-bond donors (Lipinski definition) is 1. The smallest absolute Gasteiger partial charge is 0.308 e. The summed E-state index contributed by atoms with van der Waals surface area (Å²) in [5.74, 6) is 0.370. The van der Waals surface area contributed by atoms with Gasteiger partial charge in [-0.05, 0) is 77.3 Å². The number of aliphatic hydroxyl groups excluding tert-OH is 1. The van der Waals surface area contributed by atoms with Crippen LogP contribution < -0.4 is 0 Å². The average Bonchev–Trinajstić information content (AvgIpc) is 3.29. The molecule has 0 aliphatic heterocycles. The van der Waals surface area contributed by atoms with E-state index < -0.39 is 0 Å². The molecule has 0 aromatic heterocycles. The first-order chi connectivity index (χ1) is 32.0. The van der Waals surface area contributed by atoms with Crippen LogP contribution in [0.4, 0.5) is 0 Å². The van der Waals surface area contributed by atoms with Crippen LogP contribution in [0.5, 0.6) is 0 Å². The summed E-state index contributed by atoms with van der Waals surface area (Å²) in [5.41, 5.74) is 0. The molecule has 386 valence electrons. The standard InChI is InChI=1S/C58H114N2O5/c1-5-9-13-17-25-33-42-54(40-31-15-11-7-3)57(62)64-52-37-29-23-19-21-27-35-46-59(48-49-60(50-51-61)56-44-39-45-56)47-36-28-22-20-24-30-38-53-65-58(63)55(41-32-16-12-8-4)43-34-26-18-14-10-6-2/h54-56,61H,5-53H2,1-4H3. The summed E-state index contributed by atoms with van der Waals surface area (Å²) >= 11 is 0. The summed E-state index contributed by atoms with van der Waals surface area (Å²) in [4.78, 5) is 31.3. The average molecular weight is 920 g/mol. The lowest BCUT2D eigenvalue weighted by molar-refractivity contribution is -0.150. The quantitative estimate of drug-likeness (QED) is 0.0481. The van der Waals surface area contributed by atoms with Crippen molar-refractivity contribution in [2.45, 2.75) is 297 Å². The molecule has 2 atom stereocenters. The van der Waals surface area contributed by atoms with E-state index in [1.807, 2.05) is 0 Å². The Kier molecular flexibility index (Phi) is 45.5. The van der Waals surface area contributed by atoms with Gasteiger partial charge in [0.2, 0.25) is 0 Å². The lowest BCUT2D eigenvalue weighted by atomic mass is 9.91. The second kappa shape index (κ2) is 47.9. The Labute approximate surface area is 405 Å². The second-order valence-corrected chi connectivity index (χ2v) is 20.7. The minimum Gasteiger partial charge on any atom is -0.465 e. The molecule has 0 amide bonds. The lowest BCUT2D eigenvalue weighted by Gasteiger charge is -2.38. The molecule has 1 rings (SSSR count). The Balaban J connectivity index is 2.32. The van der Waals surface area contributed by atoms with Crippen molar-refractivity contribution in [1.29, 1.82) is 0 Å². The maximum absolute atomic E-state index is 13.0. The van der Waals surface area contributed by atoms with Crippen molar-refractivity contribution in [2.75, 3.05) is 52.5 Å². The van der Waals surface area contributed by atoms with Crippen LogP contribution in [-0.4, -0.2) is 85.4 Å². The van der Waals surface area contributed by atoms with Crippen molar-refractivity contribution in [3.63, 3.8) is 0 Å². The molecule has 0 bridgehead atoms. The molecule has 0 saturated heterocycles. The molecule has 0 aromatic rings. The normalized spacial score (nSPS) is 14.0. The minimum absolute atomic E-state index is 0.0770. The van der Waals surface area contributed by atoms with Crippen molar-refractivity contribution in [1.82, 2.24) is 9.80 Å². The van der Waals surface area contributed by atoms with Crippen LogP contribution in [0.15, 0.2) is 0 Å². The summed E-state index contributed by atoms with van der Waals surface area (Å²) in [6, 6.07) is 0.681. The van der Waals surface area contributed by atoms with Gasteiger partial charge in [-0.3, -0.25) is 14.5 Å². The maximum Gasteiger partial charge on any atom is 0.308 e. The second-order valence-electron chi connectivity index (χ2n) is 20.7. The monoisotopic (exact) mass is 919 g/mol. The van der Waals surface area contributed by atoms with Crippen LogP contribution in [0, 0.1) is 11.8 Å². The highest BCUT2D eigenvalue weighted by atomic mass is 16.5. The molecule has 1 fully saturated rings. The highest BCUT2D eigenvalue weighted by Crippen LogP contribution is 2.25. The van der Waals surface area contributed by atoms with Crippen LogP contribution in [0.1, 0.15) is 291 Å². The minimum atomic E-state index is 0.0770. The zero-order valence-electron chi connectivity index (χ0n) is 44.4. The summed E-state index contributed by atoms with van der Waals surface area (Å²) in [5, 5.41) is 9.75. The van der Waals surface area contributed by atoms with E-state index in [-0.39, 0.29) is 30.4 Å². The number of rotatable bonds is 52. The molecule has 1 aliphatic carbocycles. The zero-order valence-corrected chi connectivity index (χ0v) is 44.4. The highest BCUT2D eigenvalue weighted by Gasteiger charge is 2.25. The fraction of sp³-hybridized carbons (Fsp3) is 0.966. The predicted molar refractivity (Wildman–Crippen MR) is 280 cm³/mol. The highest BCUT2D eigenvalue weighted by molar-refractivity contribution is 5.72. The van der Waals surface area contributed by atoms with E-state index in [9.17, 15) is 14.7 Å². The SMILES string of the molecule is CCCCCCCCC(CCCCCC)C(=O)OCCCCCCCCCN(CCCCCCCCCOC(=O)C(CCCCCC)CCCCCCCC)CCN(CCO)C1CCC1. The van der Waals surface area contributed by atoms with Gasteiger partial charge in [0.25, 0.3) is 0 Å². The van der Waals surface area contributed by atoms with Gasteiger partial charge in [-0.15, -0.1) is 0 Å². The van der Waals surface area contributed by atoms with Gasteiger partial charge >= 0.3 is 11.9 Å². The van der Waals surface area contributed by atoms with Crippen LogP contribution in [-0.2, 0) is 19.1 Å². The van der Waals surface area contributed by atoms with E-state index in [0.717, 1.165) is 83.8 Å². The molecule has 0 spiro atoms. The molecular formula is C58H114N2O5. The van der Waals surface area contributed by atoms with E-state index in [0.29, 0.717) is 19.3 Å². The first-order valence-corrected chi connectivity index (χ1v) is 29.4. The van der Waals surface area contributed by atoms with Crippen LogP contribution in [0.3, 0.4) is 0 Å². The Morgan fingerprint density at radius 1 is 0.415 bits per heavy atom. The van der Waals surface area contributed by atoms with Crippen molar-refractivity contribution in [3.05, 3.63) is 0 Å². The summed E-state index contributed by atoms with van der Waals surface area (Å²) < 4.78 is 11.7. The van der Waals surface area contributed by atoms with E-state index in [2.05, 4.69) is 37.5 Å². The fourth-order valence-electron chi connectivity index (χ4n) is 9.92. The number of nitrogens with zero attached hydrogens (tertiary/aromatic N) is 2. The Morgan fingerprint density at radius 2 is 0.738 bits per heavy atom. The van der Waals surface area contributed by atoms with Crippen molar-refractivity contribution in [3.8, 4) is 0 Å². The predicted octanol–water partition coefficient (Wildman–Crippen LogP) is 16.4. The number of unbranched alkanes of at least 4 members (excludes halogenated alkanes) is 28. The van der Waals surface area contributed by atoms with Gasteiger partial charge in [0, 0.05) is 25.7 Å². The third kappa shape index (κ3) is 37.4. The topological polar surface area (TPSA) is 79.3 Å². The summed E-state index contributed by atoms with van der Waals surface area (Å²) in [6.07, 6.45) is 50.2. The zero-order chi connectivity index (χ0) is 47.1. The molecule has 7 heteroatoms. The Bertz CT molecular complexity index is 943. The lowest BCUT2D eigenvalue weighted by Crippen LogP contribution is -2.45. The van der Waals surface area contributed by atoms with Gasteiger partial charge < -0.3 is 19.5 Å². The van der Waals surface area contributed by atoms with Gasteiger partial charge in [0.05, 0.1) is 31.7 Å². The molecule has 7 nitrogen and oxygen atoms in total. The van der Waals surface area contributed by atoms with Crippen LogP contribution >= 0.6 is 0 Å². The fourth-order valence-corrected chi connectivity index (χ4v) is 9.92. The Morgan fingerprint density at radius 3 is 1.08 bits per heavy atom. The number of carbonyl (C=O) groups excluding carboxylic acids is 2. The third-order valence-corrected chi connectivity index (χ3v) is 14.7. The molecule has 1 N–H and O–H groups in total. The van der Waals surface area contributed by atoms with E-state index in [1.54, 1.807) is 0 Å². The first kappa shape index (κ1) is 61.8. The number of carbonyl (C=O) groups is 2. The van der Waals surface area contributed by atoms with Crippen molar-refractivity contribution >= 4 is 11.9 Å². The van der Waals surface area contributed by atoms with Gasteiger partial charge in [0.15, 0.2) is 0 Å².